The van der Waals surface area contributed by atoms with Gasteiger partial charge in [-0.25, -0.2) is 0 Å². The summed E-state index contributed by atoms with van der Waals surface area (Å²) in [4.78, 5) is 0. The second-order valence-electron chi connectivity index (χ2n) is 12.9. The van der Waals surface area contributed by atoms with Crippen LogP contribution in [0.1, 0.15) is 0 Å². The molecule has 3 heteroatoms. The van der Waals surface area contributed by atoms with Gasteiger partial charge in [0.1, 0.15) is 11.2 Å². The highest BCUT2D eigenvalue weighted by Crippen LogP contribution is 2.43. The maximum absolute atomic E-state index is 6.57. The summed E-state index contributed by atoms with van der Waals surface area (Å²) in [5.74, 6) is 0. The predicted molar refractivity (Wildman–Crippen MR) is 205 cm³/mol. The molecule has 0 saturated heterocycles. The molecule has 0 atom stereocenters. The lowest BCUT2D eigenvalue weighted by Crippen LogP contribution is -1.94. The molecule has 228 valence electrons. The molecule has 3 aromatic heterocycles. The van der Waals surface area contributed by atoms with Crippen LogP contribution in [0.25, 0.3) is 98.8 Å². The number of hydrogen-bond acceptors (Lipinski definition) is 1. The number of rotatable bonds is 3. The fourth-order valence-corrected chi connectivity index (χ4v) is 8.15. The first-order valence-corrected chi connectivity index (χ1v) is 16.8. The molecule has 0 fully saturated rings. The molecule has 0 unspecified atom stereocenters. The van der Waals surface area contributed by atoms with E-state index >= 15 is 0 Å². The summed E-state index contributed by atoms with van der Waals surface area (Å²) in [6.07, 6.45) is 0. The molecule has 0 bridgehead atoms. The summed E-state index contributed by atoms with van der Waals surface area (Å²) < 4.78 is 11.4. The molecule has 11 rings (SSSR count). The van der Waals surface area contributed by atoms with Crippen LogP contribution in [0.2, 0.25) is 0 Å². The Bertz CT molecular complexity index is 3090. The van der Waals surface area contributed by atoms with Crippen molar-refractivity contribution < 1.29 is 4.42 Å². The lowest BCUT2D eigenvalue weighted by atomic mass is 10.0. The summed E-state index contributed by atoms with van der Waals surface area (Å²) in [5.41, 5.74) is 11.2. The van der Waals surface area contributed by atoms with Gasteiger partial charge in [-0.3, -0.25) is 0 Å². The Morgan fingerprint density at radius 1 is 0.367 bits per heavy atom. The van der Waals surface area contributed by atoms with Crippen molar-refractivity contribution in [3.63, 3.8) is 0 Å². The zero-order valence-electron chi connectivity index (χ0n) is 26.5. The van der Waals surface area contributed by atoms with Gasteiger partial charge in [-0.2, -0.15) is 0 Å². The largest absolute Gasteiger partial charge is 0.455 e. The van der Waals surface area contributed by atoms with Crippen LogP contribution >= 0.6 is 0 Å². The normalized spacial score (nSPS) is 12.1. The lowest BCUT2D eigenvalue weighted by Gasteiger charge is -2.10. The van der Waals surface area contributed by atoms with E-state index in [2.05, 4.69) is 179 Å². The van der Waals surface area contributed by atoms with Gasteiger partial charge in [0.25, 0.3) is 0 Å². The minimum atomic E-state index is 0.919. The van der Waals surface area contributed by atoms with Crippen molar-refractivity contribution in [2.45, 2.75) is 0 Å². The second kappa shape index (κ2) is 9.96. The summed E-state index contributed by atoms with van der Waals surface area (Å²) in [5, 5.41) is 9.78. The number of furan rings is 1. The molecule has 8 aromatic carbocycles. The molecular weight excluding hydrogens is 597 g/mol. The topological polar surface area (TPSA) is 23.0 Å². The van der Waals surface area contributed by atoms with Gasteiger partial charge in [-0.1, -0.05) is 109 Å². The van der Waals surface area contributed by atoms with Gasteiger partial charge >= 0.3 is 0 Å². The van der Waals surface area contributed by atoms with Crippen LogP contribution < -0.4 is 0 Å². The summed E-state index contributed by atoms with van der Waals surface area (Å²) in [6.45, 7) is 0. The molecule has 0 aliphatic rings. The Labute approximate surface area is 281 Å². The molecule has 3 heterocycles. The summed E-state index contributed by atoms with van der Waals surface area (Å²) in [7, 11) is 0. The molecule has 0 aliphatic heterocycles. The van der Waals surface area contributed by atoms with Crippen LogP contribution in [0.4, 0.5) is 0 Å². The van der Waals surface area contributed by atoms with Gasteiger partial charge in [0.05, 0.1) is 22.1 Å². The Kier molecular flexibility index (Phi) is 5.38. The molecular formula is C46H28N2O. The van der Waals surface area contributed by atoms with Crippen molar-refractivity contribution in [3.8, 4) is 22.5 Å². The summed E-state index contributed by atoms with van der Waals surface area (Å²) in [6, 6.07) is 61.2. The highest BCUT2D eigenvalue weighted by atomic mass is 16.3. The Morgan fingerprint density at radius 3 is 1.59 bits per heavy atom. The Morgan fingerprint density at radius 2 is 0.918 bits per heavy atom. The van der Waals surface area contributed by atoms with E-state index in [1.165, 1.54) is 60.1 Å². The molecule has 0 radical (unpaired) electrons. The fraction of sp³-hybridized carbons (Fsp3) is 0. The van der Waals surface area contributed by atoms with Crippen molar-refractivity contribution in [2.24, 2.45) is 0 Å². The minimum Gasteiger partial charge on any atom is -0.455 e. The zero-order chi connectivity index (χ0) is 32.1. The molecule has 0 saturated carbocycles. The molecule has 11 aromatic rings. The standard InChI is InChI=1S/C46H28N2O/c1-2-13-32(14-3-1)47-39-19-8-6-15-36(39)44-41(47)25-26-42-45(44)37-16-7-9-20-40(37)48(42)33-23-21-29(22-24-33)34-17-10-18-35-38-27-30-11-4-5-12-31(30)28-43(38)49-46(34)35/h1-28H. The van der Waals surface area contributed by atoms with Crippen LogP contribution in [-0.4, -0.2) is 9.13 Å². The third-order valence-corrected chi connectivity index (χ3v) is 10.3. The zero-order valence-corrected chi connectivity index (χ0v) is 26.5. The SMILES string of the molecule is c1ccc(-n2c3ccccc3c3c4c5ccccc5n(-c5ccc(-c6cccc7c6oc6cc8ccccc8cc67)cc5)c4ccc32)cc1. The third kappa shape index (κ3) is 3.73. The summed E-state index contributed by atoms with van der Waals surface area (Å²) >= 11 is 0. The second-order valence-corrected chi connectivity index (χ2v) is 12.9. The minimum absolute atomic E-state index is 0.919. The van der Waals surface area contributed by atoms with Crippen LogP contribution in [0, 0.1) is 0 Å². The van der Waals surface area contributed by atoms with E-state index in [0.717, 1.165) is 38.8 Å². The average molecular weight is 625 g/mol. The van der Waals surface area contributed by atoms with E-state index in [0.29, 0.717) is 0 Å². The van der Waals surface area contributed by atoms with Crippen molar-refractivity contribution in [2.75, 3.05) is 0 Å². The molecule has 0 aliphatic carbocycles. The highest BCUT2D eigenvalue weighted by molar-refractivity contribution is 6.29. The quantitative estimate of drug-likeness (QED) is 0.192. The van der Waals surface area contributed by atoms with Crippen LogP contribution in [-0.2, 0) is 0 Å². The van der Waals surface area contributed by atoms with Gasteiger partial charge in [-0.05, 0) is 77.0 Å². The number of aromatic nitrogens is 2. The van der Waals surface area contributed by atoms with E-state index in [4.69, 9.17) is 4.42 Å². The lowest BCUT2D eigenvalue weighted by molar-refractivity contribution is 0.670. The van der Waals surface area contributed by atoms with Gasteiger partial charge in [0.15, 0.2) is 0 Å². The van der Waals surface area contributed by atoms with Gasteiger partial charge in [-0.15, -0.1) is 0 Å². The molecule has 0 N–H and O–H groups in total. The van der Waals surface area contributed by atoms with Crippen LogP contribution in [0.3, 0.4) is 0 Å². The monoisotopic (exact) mass is 624 g/mol. The van der Waals surface area contributed by atoms with Gasteiger partial charge in [0.2, 0.25) is 0 Å². The average Bonchev–Trinajstić information content (AvgIpc) is 3.81. The molecule has 3 nitrogen and oxygen atoms in total. The van der Waals surface area contributed by atoms with E-state index in [1.807, 2.05) is 0 Å². The van der Waals surface area contributed by atoms with Crippen LogP contribution in [0.5, 0.6) is 0 Å². The first-order chi connectivity index (χ1) is 24.3. The maximum Gasteiger partial charge on any atom is 0.143 e. The van der Waals surface area contributed by atoms with Crippen molar-refractivity contribution in [1.82, 2.24) is 9.13 Å². The fourth-order valence-electron chi connectivity index (χ4n) is 8.15. The number of hydrogen-bond donors (Lipinski definition) is 0. The third-order valence-electron chi connectivity index (χ3n) is 10.3. The molecule has 49 heavy (non-hydrogen) atoms. The predicted octanol–water partition coefficient (Wildman–Crippen LogP) is 12.6. The van der Waals surface area contributed by atoms with Crippen molar-refractivity contribution in [3.05, 3.63) is 170 Å². The first-order valence-electron chi connectivity index (χ1n) is 16.8. The number of nitrogens with zero attached hydrogens (tertiary/aromatic N) is 2. The highest BCUT2D eigenvalue weighted by Gasteiger charge is 2.20. The molecule has 0 amide bonds. The van der Waals surface area contributed by atoms with Crippen LogP contribution in [0.15, 0.2) is 174 Å². The van der Waals surface area contributed by atoms with Gasteiger partial charge < -0.3 is 13.6 Å². The number of benzene rings is 8. The van der Waals surface area contributed by atoms with E-state index < -0.39 is 0 Å². The number of para-hydroxylation sites is 4. The van der Waals surface area contributed by atoms with E-state index in [-0.39, 0.29) is 0 Å². The first kappa shape index (κ1) is 26.5. The van der Waals surface area contributed by atoms with Crippen molar-refractivity contribution >= 4 is 76.3 Å². The molecule has 0 spiro atoms. The van der Waals surface area contributed by atoms with E-state index in [1.54, 1.807) is 0 Å². The number of fused-ring (bicyclic) bond motifs is 11. The Hall–Kier alpha value is -6.58. The maximum atomic E-state index is 6.57. The smallest absolute Gasteiger partial charge is 0.143 e. The van der Waals surface area contributed by atoms with Crippen molar-refractivity contribution in [1.29, 1.82) is 0 Å². The van der Waals surface area contributed by atoms with Gasteiger partial charge in [0, 0.05) is 49.3 Å². The van der Waals surface area contributed by atoms with E-state index in [9.17, 15) is 0 Å². The Balaban J connectivity index is 1.12.